The number of nitrogens with one attached hydrogen (secondary N) is 1. The lowest BCUT2D eigenvalue weighted by Crippen LogP contribution is -2.38. The lowest BCUT2D eigenvalue weighted by atomic mass is 10.0. The number of hydrogen-bond donors (Lipinski definition) is 3. The van der Waals surface area contributed by atoms with Crippen LogP contribution in [0.1, 0.15) is 22.3 Å². The average Bonchev–Trinajstić information content (AvgIpc) is 2.66. The number of hydrogen-bond acceptors (Lipinski definition) is 6. The highest BCUT2D eigenvalue weighted by molar-refractivity contribution is 5.94. The molecule has 0 saturated carbocycles. The van der Waals surface area contributed by atoms with Crippen LogP contribution in [0.4, 0.5) is 5.69 Å². The van der Waals surface area contributed by atoms with Gasteiger partial charge in [0.2, 0.25) is 0 Å². The quantitative estimate of drug-likeness (QED) is 0.671. The van der Waals surface area contributed by atoms with Crippen LogP contribution < -0.4 is 10.2 Å². The predicted octanol–water partition coefficient (Wildman–Crippen LogP) is 1.82. The van der Waals surface area contributed by atoms with Gasteiger partial charge in [0.25, 0.3) is 5.91 Å². The number of ether oxygens (including phenoxy) is 1. The number of benzene rings is 2. The SMILES string of the molecule is O=C(COC(=O)c1ccc(O)cc1O)NCCN1CCCc2ccccc21. The van der Waals surface area contributed by atoms with E-state index in [1.807, 2.05) is 12.1 Å². The summed E-state index contributed by atoms with van der Waals surface area (Å²) < 4.78 is 4.90. The van der Waals surface area contributed by atoms with E-state index >= 15 is 0 Å². The Morgan fingerprint density at radius 1 is 1.15 bits per heavy atom. The van der Waals surface area contributed by atoms with Gasteiger partial charge in [0.1, 0.15) is 17.1 Å². The highest BCUT2D eigenvalue weighted by atomic mass is 16.5. The standard InChI is InChI=1S/C20H22N2O5/c23-15-7-8-16(18(24)12-15)20(26)27-13-19(25)21-9-11-22-10-3-5-14-4-1-2-6-17(14)22/h1-2,4,6-8,12,23-24H,3,5,9-11,13H2,(H,21,25). The second kappa shape index (κ2) is 8.44. The largest absolute Gasteiger partial charge is 0.508 e. The molecule has 0 saturated heterocycles. The minimum absolute atomic E-state index is 0.106. The van der Waals surface area contributed by atoms with Crippen molar-refractivity contribution in [2.75, 3.05) is 31.1 Å². The average molecular weight is 370 g/mol. The summed E-state index contributed by atoms with van der Waals surface area (Å²) in [6.45, 7) is 1.63. The van der Waals surface area contributed by atoms with Crippen LogP contribution in [0.25, 0.3) is 0 Å². The van der Waals surface area contributed by atoms with Crippen molar-refractivity contribution in [1.29, 1.82) is 0 Å². The molecule has 1 heterocycles. The molecule has 1 amide bonds. The fourth-order valence-corrected chi connectivity index (χ4v) is 3.13. The van der Waals surface area contributed by atoms with Crippen molar-refractivity contribution in [1.82, 2.24) is 5.32 Å². The molecule has 3 rings (SSSR count). The number of aromatic hydroxyl groups is 2. The summed E-state index contributed by atoms with van der Waals surface area (Å²) in [7, 11) is 0. The Morgan fingerprint density at radius 3 is 2.78 bits per heavy atom. The number of rotatable bonds is 6. The van der Waals surface area contributed by atoms with Crippen LogP contribution in [0, 0.1) is 0 Å². The van der Waals surface area contributed by atoms with Gasteiger partial charge in [-0.05, 0) is 36.6 Å². The predicted molar refractivity (Wildman–Crippen MR) is 100 cm³/mol. The summed E-state index contributed by atoms with van der Waals surface area (Å²) in [6, 6.07) is 11.8. The summed E-state index contributed by atoms with van der Waals surface area (Å²) in [5.41, 5.74) is 2.41. The third kappa shape index (κ3) is 4.69. The molecule has 0 bridgehead atoms. The molecule has 0 unspecified atom stereocenters. The topological polar surface area (TPSA) is 99.1 Å². The number of esters is 1. The van der Waals surface area contributed by atoms with Crippen molar-refractivity contribution >= 4 is 17.6 Å². The van der Waals surface area contributed by atoms with Gasteiger partial charge >= 0.3 is 5.97 Å². The molecule has 0 radical (unpaired) electrons. The van der Waals surface area contributed by atoms with Gasteiger partial charge in [-0.2, -0.15) is 0 Å². The smallest absolute Gasteiger partial charge is 0.342 e. The number of anilines is 1. The zero-order valence-electron chi connectivity index (χ0n) is 14.9. The van der Waals surface area contributed by atoms with E-state index in [0.717, 1.165) is 25.5 Å². The summed E-state index contributed by atoms with van der Waals surface area (Å²) in [5.74, 6) is -1.80. The summed E-state index contributed by atoms with van der Waals surface area (Å²) >= 11 is 0. The fourth-order valence-electron chi connectivity index (χ4n) is 3.13. The molecule has 2 aromatic carbocycles. The highest BCUT2D eigenvalue weighted by Crippen LogP contribution is 2.26. The Balaban J connectivity index is 1.43. The molecule has 1 aliphatic rings. The molecule has 2 aromatic rings. The Morgan fingerprint density at radius 2 is 1.96 bits per heavy atom. The number of amides is 1. The molecule has 0 fully saturated rings. The second-order valence-corrected chi connectivity index (χ2v) is 6.35. The zero-order chi connectivity index (χ0) is 19.2. The van der Waals surface area contributed by atoms with Crippen LogP contribution in [0.2, 0.25) is 0 Å². The Kier molecular flexibility index (Phi) is 5.80. The molecule has 7 nitrogen and oxygen atoms in total. The Hall–Kier alpha value is -3.22. The van der Waals surface area contributed by atoms with Crippen LogP contribution in [-0.4, -0.2) is 48.3 Å². The van der Waals surface area contributed by atoms with Crippen molar-refractivity contribution in [2.45, 2.75) is 12.8 Å². The van der Waals surface area contributed by atoms with Gasteiger partial charge < -0.3 is 25.2 Å². The number of aryl methyl sites for hydroxylation is 1. The molecule has 1 aliphatic heterocycles. The molecule has 0 atom stereocenters. The van der Waals surface area contributed by atoms with Gasteiger partial charge in [0.05, 0.1) is 0 Å². The zero-order valence-corrected chi connectivity index (χ0v) is 14.9. The second-order valence-electron chi connectivity index (χ2n) is 6.35. The molecule has 7 heteroatoms. The van der Waals surface area contributed by atoms with Gasteiger partial charge in [0, 0.05) is 31.4 Å². The molecule has 0 aromatic heterocycles. The van der Waals surface area contributed by atoms with Gasteiger partial charge in [-0.1, -0.05) is 18.2 Å². The Bertz CT molecular complexity index is 837. The van der Waals surface area contributed by atoms with E-state index in [-0.39, 0.29) is 11.3 Å². The highest BCUT2D eigenvalue weighted by Gasteiger charge is 2.17. The van der Waals surface area contributed by atoms with Gasteiger partial charge in [0.15, 0.2) is 6.61 Å². The number of carbonyl (C=O) groups excluding carboxylic acids is 2. The molecular weight excluding hydrogens is 348 g/mol. The van der Waals surface area contributed by atoms with Crippen LogP contribution in [0.3, 0.4) is 0 Å². The third-order valence-corrected chi connectivity index (χ3v) is 4.45. The lowest BCUT2D eigenvalue weighted by Gasteiger charge is -2.31. The number of phenols is 2. The minimum atomic E-state index is -0.826. The minimum Gasteiger partial charge on any atom is -0.508 e. The van der Waals surface area contributed by atoms with Crippen LogP contribution in [-0.2, 0) is 16.0 Å². The van der Waals surface area contributed by atoms with Crippen LogP contribution in [0.15, 0.2) is 42.5 Å². The lowest BCUT2D eigenvalue weighted by molar-refractivity contribution is -0.124. The maximum absolute atomic E-state index is 11.9. The van der Waals surface area contributed by atoms with Gasteiger partial charge in [-0.3, -0.25) is 4.79 Å². The van der Waals surface area contributed by atoms with Gasteiger partial charge in [-0.15, -0.1) is 0 Å². The first-order valence-corrected chi connectivity index (χ1v) is 8.83. The van der Waals surface area contributed by atoms with Crippen LogP contribution in [0.5, 0.6) is 11.5 Å². The van der Waals surface area contributed by atoms with Gasteiger partial charge in [-0.25, -0.2) is 4.79 Å². The van der Waals surface area contributed by atoms with E-state index in [2.05, 4.69) is 22.3 Å². The van der Waals surface area contributed by atoms with E-state index < -0.39 is 24.2 Å². The van der Waals surface area contributed by atoms with Crippen molar-refractivity contribution in [2.24, 2.45) is 0 Å². The number of para-hydroxylation sites is 1. The Labute approximate surface area is 157 Å². The van der Waals surface area contributed by atoms with E-state index in [1.165, 1.54) is 23.4 Å². The number of phenolic OH excluding ortho intramolecular Hbond substituents is 2. The number of fused-ring (bicyclic) bond motifs is 1. The molecule has 3 N–H and O–H groups in total. The van der Waals surface area contributed by atoms with E-state index in [1.54, 1.807) is 0 Å². The van der Waals surface area contributed by atoms with Crippen LogP contribution >= 0.6 is 0 Å². The van der Waals surface area contributed by atoms with Crippen molar-refractivity contribution in [3.05, 3.63) is 53.6 Å². The molecule has 0 spiro atoms. The van der Waals surface area contributed by atoms with E-state index in [0.29, 0.717) is 13.1 Å². The first-order valence-electron chi connectivity index (χ1n) is 8.83. The molecule has 142 valence electrons. The first-order chi connectivity index (χ1) is 13.0. The summed E-state index contributed by atoms with van der Waals surface area (Å²) in [6.07, 6.45) is 2.15. The summed E-state index contributed by atoms with van der Waals surface area (Å²) in [5, 5.41) is 21.6. The fraction of sp³-hybridized carbons (Fsp3) is 0.300. The molecule has 27 heavy (non-hydrogen) atoms. The van der Waals surface area contributed by atoms with Crippen molar-refractivity contribution < 1.29 is 24.5 Å². The number of nitrogens with zero attached hydrogens (tertiary/aromatic N) is 1. The molecular formula is C20H22N2O5. The maximum Gasteiger partial charge on any atom is 0.342 e. The monoisotopic (exact) mass is 370 g/mol. The normalized spacial score (nSPS) is 13.0. The summed E-state index contributed by atoms with van der Waals surface area (Å²) in [4.78, 5) is 26.0. The van der Waals surface area contributed by atoms with E-state index in [9.17, 15) is 19.8 Å². The van der Waals surface area contributed by atoms with E-state index in [4.69, 9.17) is 4.74 Å². The number of carbonyl (C=O) groups is 2. The maximum atomic E-state index is 11.9. The third-order valence-electron chi connectivity index (χ3n) is 4.45. The van der Waals surface area contributed by atoms with Crippen molar-refractivity contribution in [3.63, 3.8) is 0 Å². The van der Waals surface area contributed by atoms with Crippen molar-refractivity contribution in [3.8, 4) is 11.5 Å². The first kappa shape index (κ1) is 18.6. The molecule has 0 aliphatic carbocycles.